The lowest BCUT2D eigenvalue weighted by atomic mass is 9.96. The Morgan fingerprint density at radius 1 is 0.615 bits per heavy atom. The number of phenols is 1. The molecule has 78 heavy (non-hydrogen) atoms. The number of fused-ring (bicyclic) bond motifs is 2. The van der Waals surface area contributed by atoms with Crippen LogP contribution >= 0.6 is 0 Å². The van der Waals surface area contributed by atoms with Crippen LogP contribution in [0, 0.1) is 5.92 Å². The van der Waals surface area contributed by atoms with Crippen LogP contribution in [-0.2, 0) is 28.8 Å². The quantitative estimate of drug-likeness (QED) is 0.0781. The number of carbonyl (C=O) groups excluding carboxylic acids is 7. The van der Waals surface area contributed by atoms with Crippen molar-refractivity contribution in [1.82, 2.24) is 36.4 Å². The zero-order valence-corrected chi connectivity index (χ0v) is 42.9. The molecule has 24 nitrogen and oxygen atoms in total. The van der Waals surface area contributed by atoms with Crippen molar-refractivity contribution in [1.29, 1.82) is 0 Å². The van der Waals surface area contributed by atoms with Crippen molar-refractivity contribution in [3.8, 4) is 33.8 Å². The number of aliphatic hydroxyl groups is 8. The van der Waals surface area contributed by atoms with E-state index in [4.69, 9.17) is 4.74 Å². The minimum atomic E-state index is -2.29. The molecule has 7 rings (SSSR count). The second kappa shape index (κ2) is 24.8. The van der Waals surface area contributed by atoms with Gasteiger partial charge in [-0.15, -0.1) is 0 Å². The highest BCUT2D eigenvalue weighted by Gasteiger charge is 2.50. The predicted molar refractivity (Wildman–Crippen MR) is 275 cm³/mol. The Balaban J connectivity index is 1.21. The number of carbonyl (C=O) groups is 7. The molecule has 15 atom stereocenters. The largest absolute Gasteiger partial charge is 0.508 e. The number of amides is 7. The van der Waals surface area contributed by atoms with Crippen LogP contribution in [0.2, 0.25) is 0 Å². The van der Waals surface area contributed by atoms with Crippen LogP contribution in [0.5, 0.6) is 11.5 Å². The molecule has 3 fully saturated rings. The minimum absolute atomic E-state index is 0.00624. The summed E-state index contributed by atoms with van der Waals surface area (Å²) in [6, 6.07) is 14.4. The van der Waals surface area contributed by atoms with E-state index < -0.39 is 152 Å². The van der Waals surface area contributed by atoms with E-state index in [1.54, 1.807) is 19.2 Å². The monoisotopic (exact) mass is 1080 g/mol. The van der Waals surface area contributed by atoms with Crippen LogP contribution in [0.15, 0.2) is 97.1 Å². The summed E-state index contributed by atoms with van der Waals surface area (Å²) in [5, 5.41) is 111. The van der Waals surface area contributed by atoms with Crippen LogP contribution in [0.3, 0.4) is 0 Å². The van der Waals surface area contributed by atoms with Gasteiger partial charge in [-0.25, -0.2) is 0 Å². The van der Waals surface area contributed by atoms with Crippen LogP contribution in [0.1, 0.15) is 55.6 Å². The number of aromatic hydroxyl groups is 1. The van der Waals surface area contributed by atoms with Crippen LogP contribution < -0.4 is 31.3 Å². The summed E-state index contributed by atoms with van der Waals surface area (Å²) < 4.78 is 5.25. The number of ether oxygens (including phenoxy) is 1. The van der Waals surface area contributed by atoms with E-state index in [0.717, 1.165) is 52.5 Å². The predicted octanol–water partition coefficient (Wildman–Crippen LogP) is -2.49. The first-order chi connectivity index (χ1) is 37.0. The number of phenolic OH excluding ortho intramolecular Hbond substituents is 1. The first-order valence-corrected chi connectivity index (χ1v) is 25.2. The fraction of sp³-hybridized carbons (Fsp3) is 0.426. The maximum atomic E-state index is 14.4. The number of nitrogens with one attached hydrogen (secondary N) is 5. The second-order valence-corrected chi connectivity index (χ2v) is 19.9. The summed E-state index contributed by atoms with van der Waals surface area (Å²) in [6.07, 6.45) is -16.8. The van der Waals surface area contributed by atoms with Crippen molar-refractivity contribution >= 4 is 41.4 Å². The third-order valence-electron chi connectivity index (χ3n) is 14.3. The lowest BCUT2D eigenvalue weighted by Gasteiger charge is -2.34. The molecule has 0 spiro atoms. The van der Waals surface area contributed by atoms with Gasteiger partial charge in [-0.2, -0.15) is 0 Å². The topological polar surface area (TPSA) is 377 Å². The van der Waals surface area contributed by atoms with Gasteiger partial charge >= 0.3 is 0 Å². The zero-order valence-electron chi connectivity index (χ0n) is 42.9. The summed E-state index contributed by atoms with van der Waals surface area (Å²) in [7, 11) is 1.58. The highest BCUT2D eigenvalue weighted by molar-refractivity contribution is 6.00. The van der Waals surface area contributed by atoms with Gasteiger partial charge in [0.1, 0.15) is 66.1 Å². The van der Waals surface area contributed by atoms with Crippen molar-refractivity contribution < 1.29 is 84.3 Å². The Kier molecular flexibility index (Phi) is 18.5. The van der Waals surface area contributed by atoms with Gasteiger partial charge in [0.15, 0.2) is 6.23 Å². The van der Waals surface area contributed by atoms with Gasteiger partial charge in [-0.05, 0) is 78.1 Å². The second-order valence-electron chi connectivity index (χ2n) is 19.9. The van der Waals surface area contributed by atoms with Crippen LogP contribution in [0.4, 0.5) is 0 Å². The molecule has 3 aliphatic heterocycles. The van der Waals surface area contributed by atoms with E-state index in [1.807, 2.05) is 48.5 Å². The van der Waals surface area contributed by atoms with Crippen molar-refractivity contribution in [2.45, 2.75) is 119 Å². The fourth-order valence-corrected chi connectivity index (χ4v) is 9.72. The normalized spacial score (nSPS) is 28.3. The molecule has 0 saturated carbocycles. The van der Waals surface area contributed by atoms with Crippen molar-refractivity contribution in [3.05, 3.63) is 108 Å². The summed E-state index contributed by atoms with van der Waals surface area (Å²) >= 11 is 0. The van der Waals surface area contributed by atoms with E-state index in [2.05, 4.69) is 26.6 Å². The number of methoxy groups -OCH3 is 1. The van der Waals surface area contributed by atoms with Gasteiger partial charge in [0.25, 0.3) is 5.91 Å². The maximum absolute atomic E-state index is 14.4. The van der Waals surface area contributed by atoms with Crippen molar-refractivity contribution in [2.75, 3.05) is 20.2 Å². The summed E-state index contributed by atoms with van der Waals surface area (Å²) in [6.45, 7) is 2.69. The van der Waals surface area contributed by atoms with Crippen molar-refractivity contribution in [2.24, 2.45) is 5.92 Å². The Bertz CT molecular complexity index is 2800. The van der Waals surface area contributed by atoms with Gasteiger partial charge in [0.2, 0.25) is 35.4 Å². The van der Waals surface area contributed by atoms with Crippen LogP contribution in [-0.4, -0.2) is 196 Å². The van der Waals surface area contributed by atoms with E-state index in [1.165, 1.54) is 31.2 Å². The molecule has 15 unspecified atom stereocenters. The zero-order chi connectivity index (χ0) is 56.9. The average molecular weight is 1080 g/mol. The molecule has 24 heteroatoms. The van der Waals surface area contributed by atoms with Gasteiger partial charge in [-0.1, -0.05) is 67.6 Å². The molecule has 3 heterocycles. The minimum Gasteiger partial charge on any atom is -0.508 e. The third kappa shape index (κ3) is 13.1. The molecule has 4 aromatic rings. The summed E-state index contributed by atoms with van der Waals surface area (Å²) in [4.78, 5) is 101. The van der Waals surface area contributed by atoms with Crippen LogP contribution in [0.25, 0.3) is 22.3 Å². The Morgan fingerprint density at radius 2 is 1.12 bits per heavy atom. The molecule has 3 aliphatic rings. The fourth-order valence-electron chi connectivity index (χ4n) is 9.72. The number of aliphatic hydroxyl groups excluding tert-OH is 8. The standard InChI is InChI=1S/C54H65N7O17/c1-25-23-61-43(44(25)67)52(75)59-50(73)39(66)22-37(55-47(70)33-11-9-30(10-12-33)28-5-7-29(8-6-28)31-15-19-36(78-4)20-16-31)48(71)56-40(26(2)62)53(76)60-24-35(65)21-38(60)49(72)58-42(51(74)57-41(27(3)63)54(61)77)46(69)45(68)32-13-17-34(64)18-14-32/h5-20,25-27,35,37-46,50,62-69,73H,21-24H2,1-4H3,(H,55,70)(H,56,71)(H,57,74)(H,58,72)(H,59,75). The van der Waals surface area contributed by atoms with E-state index >= 15 is 0 Å². The molecule has 4 aromatic carbocycles. The van der Waals surface area contributed by atoms with E-state index in [9.17, 15) is 79.5 Å². The molecule has 3 saturated heterocycles. The number of nitrogens with zero attached hydrogens (tertiary/aromatic N) is 2. The summed E-state index contributed by atoms with van der Waals surface area (Å²) in [5.41, 5.74) is 3.32. The Hall–Kier alpha value is -7.55. The molecule has 418 valence electrons. The maximum Gasteiger partial charge on any atom is 0.251 e. The lowest BCUT2D eigenvalue weighted by Crippen LogP contribution is -2.64. The van der Waals surface area contributed by atoms with Gasteiger partial charge in [0.05, 0.1) is 31.5 Å². The molecule has 0 bridgehead atoms. The first kappa shape index (κ1) is 58.1. The van der Waals surface area contributed by atoms with E-state index in [-0.39, 0.29) is 23.4 Å². The smallest absolute Gasteiger partial charge is 0.251 e. The Morgan fingerprint density at radius 3 is 1.65 bits per heavy atom. The molecule has 14 N–H and O–H groups in total. The molecular weight excluding hydrogens is 1020 g/mol. The van der Waals surface area contributed by atoms with Crippen molar-refractivity contribution in [3.63, 3.8) is 0 Å². The Labute approximate surface area is 447 Å². The highest BCUT2D eigenvalue weighted by atomic mass is 16.5. The third-order valence-corrected chi connectivity index (χ3v) is 14.3. The molecule has 0 aliphatic carbocycles. The molecular formula is C54H65N7O17. The number of rotatable bonds is 10. The van der Waals surface area contributed by atoms with E-state index in [0.29, 0.717) is 11.3 Å². The number of hydrogen-bond acceptors (Lipinski definition) is 17. The summed E-state index contributed by atoms with van der Waals surface area (Å²) in [5.74, 6) is -8.76. The average Bonchev–Trinajstić information content (AvgIpc) is 3.98. The molecule has 0 aromatic heterocycles. The first-order valence-electron chi connectivity index (χ1n) is 25.2. The number of hydrogen-bond donors (Lipinski definition) is 14. The molecule has 0 radical (unpaired) electrons. The van der Waals surface area contributed by atoms with Gasteiger partial charge < -0.3 is 87.1 Å². The SMILES string of the molecule is COc1ccc(-c2ccc(-c3ccc(C(=O)NC4CC(O)C(O)NC(=O)C5C(O)C(C)CN5C(=O)C(C(C)O)NC(=O)C(C(O)C(O)c5ccc(O)cc5)NC(=O)C5CC(O)CN5C(=O)C(C(C)O)NC4=O)cc3)cc2)cc1. The lowest BCUT2D eigenvalue weighted by molar-refractivity contribution is -0.148. The van der Waals surface area contributed by atoms with Gasteiger partial charge in [0, 0.05) is 37.4 Å². The molecule has 7 amide bonds. The van der Waals surface area contributed by atoms with Gasteiger partial charge in [-0.3, -0.25) is 33.6 Å². The highest BCUT2D eigenvalue weighted by Crippen LogP contribution is 2.30. The number of benzene rings is 4.